The van der Waals surface area contributed by atoms with E-state index in [1.165, 1.54) is 33.0 Å². The van der Waals surface area contributed by atoms with Crippen molar-refractivity contribution in [2.24, 2.45) is 0 Å². The predicted octanol–water partition coefficient (Wildman–Crippen LogP) is 6.39. The van der Waals surface area contributed by atoms with Crippen molar-refractivity contribution in [1.29, 1.82) is 0 Å². The van der Waals surface area contributed by atoms with Gasteiger partial charge in [-0.2, -0.15) is 0 Å². The molecular weight excluding hydrogens is 382 g/mol. The standard InChI is InChI=1S/C28H23NO2/c30-28(29-17-7-8-20-15-16-21-9-1-2-10-22(21)18-20)31-19-27-25-13-5-3-11-23(25)24-12-4-6-14-26(24)27/h1-16,18,27H,17,19H2,(H,29,30). The predicted molar refractivity (Wildman–Crippen MR) is 126 cm³/mol. The van der Waals surface area contributed by atoms with E-state index in [9.17, 15) is 4.79 Å². The van der Waals surface area contributed by atoms with Gasteiger partial charge in [-0.15, -0.1) is 0 Å². The third-order valence-electron chi connectivity index (χ3n) is 5.79. The fraction of sp³-hybridized carbons (Fsp3) is 0.107. The van der Waals surface area contributed by atoms with Gasteiger partial charge in [0, 0.05) is 12.5 Å². The molecule has 1 N–H and O–H groups in total. The first kappa shape index (κ1) is 19.1. The molecule has 3 heteroatoms. The molecule has 4 aromatic rings. The van der Waals surface area contributed by atoms with E-state index >= 15 is 0 Å². The molecule has 5 rings (SSSR count). The molecule has 0 unspecified atom stereocenters. The lowest BCUT2D eigenvalue weighted by molar-refractivity contribution is 0.144. The second-order valence-electron chi connectivity index (χ2n) is 7.72. The Balaban J connectivity index is 1.17. The normalized spacial score (nSPS) is 12.6. The number of hydrogen-bond donors (Lipinski definition) is 1. The molecule has 0 spiro atoms. The maximum absolute atomic E-state index is 12.2. The zero-order chi connectivity index (χ0) is 21.0. The minimum atomic E-state index is -0.398. The van der Waals surface area contributed by atoms with Gasteiger partial charge in [0.1, 0.15) is 6.61 Å². The lowest BCUT2D eigenvalue weighted by Crippen LogP contribution is -2.26. The summed E-state index contributed by atoms with van der Waals surface area (Å²) in [5.74, 6) is 0.0753. The second-order valence-corrected chi connectivity index (χ2v) is 7.72. The first-order valence-electron chi connectivity index (χ1n) is 10.5. The molecule has 0 saturated heterocycles. The molecule has 31 heavy (non-hydrogen) atoms. The molecular formula is C28H23NO2. The van der Waals surface area contributed by atoms with Crippen LogP contribution < -0.4 is 5.32 Å². The van der Waals surface area contributed by atoms with Crippen molar-refractivity contribution >= 4 is 22.9 Å². The van der Waals surface area contributed by atoms with Gasteiger partial charge in [0.15, 0.2) is 0 Å². The zero-order valence-corrected chi connectivity index (χ0v) is 17.1. The Hall–Kier alpha value is -3.85. The average Bonchev–Trinajstić information content (AvgIpc) is 3.14. The first-order valence-corrected chi connectivity index (χ1v) is 10.5. The molecule has 0 atom stereocenters. The van der Waals surface area contributed by atoms with Crippen LogP contribution in [0.15, 0.2) is 97.1 Å². The highest BCUT2D eigenvalue weighted by atomic mass is 16.5. The number of benzene rings is 4. The number of carbonyl (C=O) groups excluding carboxylic acids is 1. The van der Waals surface area contributed by atoms with Crippen molar-refractivity contribution in [2.75, 3.05) is 13.2 Å². The van der Waals surface area contributed by atoms with Crippen LogP contribution in [-0.2, 0) is 4.74 Å². The van der Waals surface area contributed by atoms with Gasteiger partial charge in [0.2, 0.25) is 0 Å². The molecule has 1 amide bonds. The van der Waals surface area contributed by atoms with Crippen LogP contribution >= 0.6 is 0 Å². The van der Waals surface area contributed by atoms with E-state index < -0.39 is 6.09 Å². The van der Waals surface area contributed by atoms with Crippen molar-refractivity contribution in [1.82, 2.24) is 5.32 Å². The van der Waals surface area contributed by atoms with E-state index in [1.54, 1.807) is 0 Å². The molecule has 0 bridgehead atoms. The molecule has 4 aromatic carbocycles. The van der Waals surface area contributed by atoms with Crippen LogP contribution in [0.5, 0.6) is 0 Å². The number of amides is 1. The average molecular weight is 405 g/mol. The summed E-state index contributed by atoms with van der Waals surface area (Å²) in [4.78, 5) is 12.2. The molecule has 1 aliphatic carbocycles. The van der Waals surface area contributed by atoms with Gasteiger partial charge in [-0.25, -0.2) is 4.79 Å². The highest BCUT2D eigenvalue weighted by molar-refractivity contribution is 5.84. The lowest BCUT2D eigenvalue weighted by Gasteiger charge is -2.14. The number of carbonyl (C=O) groups is 1. The van der Waals surface area contributed by atoms with E-state index in [-0.39, 0.29) is 5.92 Å². The van der Waals surface area contributed by atoms with Gasteiger partial charge < -0.3 is 10.1 Å². The molecule has 1 aliphatic rings. The third kappa shape index (κ3) is 3.95. The number of rotatable bonds is 5. The third-order valence-corrected chi connectivity index (χ3v) is 5.79. The number of alkyl carbamates (subject to hydrolysis) is 1. The summed E-state index contributed by atoms with van der Waals surface area (Å²) in [6.45, 7) is 0.748. The van der Waals surface area contributed by atoms with Crippen molar-refractivity contribution in [3.8, 4) is 11.1 Å². The Kier molecular flexibility index (Phi) is 5.24. The number of ether oxygens (including phenoxy) is 1. The molecule has 0 radical (unpaired) electrons. The summed E-state index contributed by atoms with van der Waals surface area (Å²) in [5, 5.41) is 5.24. The van der Waals surface area contributed by atoms with Crippen LogP contribution in [0.3, 0.4) is 0 Å². The maximum atomic E-state index is 12.2. The first-order chi connectivity index (χ1) is 15.3. The van der Waals surface area contributed by atoms with Gasteiger partial charge in [-0.05, 0) is 44.7 Å². The molecule has 152 valence electrons. The molecule has 3 nitrogen and oxygen atoms in total. The smallest absolute Gasteiger partial charge is 0.407 e. The monoisotopic (exact) mass is 405 g/mol. The molecule has 0 aliphatic heterocycles. The highest BCUT2D eigenvalue weighted by Crippen LogP contribution is 2.44. The SMILES string of the molecule is O=C(NCC=Cc1ccc2ccccc2c1)OCC1c2ccccc2-c2ccccc21. The van der Waals surface area contributed by atoms with Crippen molar-refractivity contribution in [2.45, 2.75) is 5.92 Å². The summed E-state index contributed by atoms with van der Waals surface area (Å²) in [5.41, 5.74) is 5.99. The summed E-state index contributed by atoms with van der Waals surface area (Å²) >= 11 is 0. The summed E-state index contributed by atoms with van der Waals surface area (Å²) < 4.78 is 5.57. The van der Waals surface area contributed by atoms with Crippen molar-refractivity contribution in [3.05, 3.63) is 114 Å². The van der Waals surface area contributed by atoms with Gasteiger partial charge in [0.05, 0.1) is 0 Å². The molecule has 0 saturated carbocycles. The fourth-order valence-electron chi connectivity index (χ4n) is 4.30. The molecule has 0 heterocycles. The fourth-order valence-corrected chi connectivity index (χ4v) is 4.30. The number of hydrogen-bond acceptors (Lipinski definition) is 2. The van der Waals surface area contributed by atoms with Gasteiger partial charge in [0.25, 0.3) is 0 Å². The van der Waals surface area contributed by atoms with Gasteiger partial charge in [-0.3, -0.25) is 0 Å². The van der Waals surface area contributed by atoms with Gasteiger partial charge in [-0.1, -0.05) is 97.1 Å². The minimum Gasteiger partial charge on any atom is -0.449 e. The van der Waals surface area contributed by atoms with Crippen molar-refractivity contribution < 1.29 is 9.53 Å². The Morgan fingerprint density at radius 1 is 0.806 bits per heavy atom. The second kappa shape index (κ2) is 8.49. The van der Waals surface area contributed by atoms with E-state index in [0.717, 1.165) is 5.56 Å². The summed E-state index contributed by atoms with van der Waals surface area (Å²) in [7, 11) is 0. The van der Waals surface area contributed by atoms with E-state index in [0.29, 0.717) is 13.2 Å². The Labute approximate surface area is 182 Å². The van der Waals surface area contributed by atoms with Crippen LogP contribution in [0.25, 0.3) is 28.0 Å². The van der Waals surface area contributed by atoms with E-state index in [4.69, 9.17) is 4.74 Å². The minimum absolute atomic E-state index is 0.0753. The van der Waals surface area contributed by atoms with Crippen LogP contribution in [0.1, 0.15) is 22.6 Å². The quantitative estimate of drug-likeness (QED) is 0.418. The number of fused-ring (bicyclic) bond motifs is 4. The van der Waals surface area contributed by atoms with Crippen LogP contribution in [0, 0.1) is 0 Å². The molecule has 0 aromatic heterocycles. The Morgan fingerprint density at radius 3 is 2.19 bits per heavy atom. The van der Waals surface area contributed by atoms with Crippen LogP contribution in [0.4, 0.5) is 4.79 Å². The van der Waals surface area contributed by atoms with Crippen LogP contribution in [-0.4, -0.2) is 19.2 Å². The van der Waals surface area contributed by atoms with Crippen molar-refractivity contribution in [3.63, 3.8) is 0 Å². The van der Waals surface area contributed by atoms with E-state index in [2.05, 4.69) is 59.9 Å². The zero-order valence-electron chi connectivity index (χ0n) is 17.1. The topological polar surface area (TPSA) is 38.3 Å². The number of nitrogens with one attached hydrogen (secondary N) is 1. The molecule has 0 fully saturated rings. The Bertz CT molecular complexity index is 1230. The highest BCUT2D eigenvalue weighted by Gasteiger charge is 2.28. The van der Waals surface area contributed by atoms with Crippen LogP contribution in [0.2, 0.25) is 0 Å². The Morgan fingerprint density at radius 2 is 1.45 bits per heavy atom. The maximum Gasteiger partial charge on any atom is 0.407 e. The van der Waals surface area contributed by atoms with E-state index in [1.807, 2.05) is 48.6 Å². The summed E-state index contributed by atoms with van der Waals surface area (Å²) in [6, 6.07) is 31.3. The van der Waals surface area contributed by atoms with Gasteiger partial charge >= 0.3 is 6.09 Å². The lowest BCUT2D eigenvalue weighted by atomic mass is 9.98. The largest absolute Gasteiger partial charge is 0.449 e. The summed E-state index contributed by atoms with van der Waals surface area (Å²) in [6.07, 6.45) is 3.55.